The van der Waals surface area contributed by atoms with Gasteiger partial charge in [0.15, 0.2) is 0 Å². The highest BCUT2D eigenvalue weighted by atomic mass is 16.2. The standard InChI is InChI=1S/C20H19N3O3/c1-3-11-21-18(24)13-22-20(26)16-9-4-5-10-17(16)23-19(25)15-8-6-7-14(2)12-15/h1,4-10,12H,11,13H2,2H3,(H,21,24)(H,22,26)(H,23,25). The van der Waals surface area contributed by atoms with Crippen LogP contribution in [-0.2, 0) is 4.79 Å². The average molecular weight is 349 g/mol. The van der Waals surface area contributed by atoms with Gasteiger partial charge < -0.3 is 16.0 Å². The van der Waals surface area contributed by atoms with Crippen LogP contribution < -0.4 is 16.0 Å². The van der Waals surface area contributed by atoms with Crippen molar-refractivity contribution in [2.75, 3.05) is 18.4 Å². The minimum Gasteiger partial charge on any atom is -0.344 e. The first kappa shape index (κ1) is 18.7. The van der Waals surface area contributed by atoms with Gasteiger partial charge in [-0.05, 0) is 31.2 Å². The Hall–Kier alpha value is -3.59. The van der Waals surface area contributed by atoms with Crippen LogP contribution in [0, 0.1) is 19.3 Å². The molecule has 2 aromatic carbocycles. The van der Waals surface area contributed by atoms with Gasteiger partial charge in [-0.2, -0.15) is 0 Å². The Bertz CT molecular complexity index is 869. The van der Waals surface area contributed by atoms with Crippen molar-refractivity contribution in [3.05, 3.63) is 65.2 Å². The highest BCUT2D eigenvalue weighted by molar-refractivity contribution is 6.09. The summed E-state index contributed by atoms with van der Waals surface area (Å²) in [7, 11) is 0. The number of hydrogen-bond acceptors (Lipinski definition) is 3. The Morgan fingerprint density at radius 1 is 1.00 bits per heavy atom. The molecule has 0 aromatic heterocycles. The van der Waals surface area contributed by atoms with E-state index in [9.17, 15) is 14.4 Å². The zero-order valence-electron chi connectivity index (χ0n) is 14.3. The number of carbonyl (C=O) groups excluding carboxylic acids is 3. The van der Waals surface area contributed by atoms with Crippen molar-refractivity contribution < 1.29 is 14.4 Å². The molecular weight excluding hydrogens is 330 g/mol. The highest BCUT2D eigenvalue weighted by Crippen LogP contribution is 2.16. The topological polar surface area (TPSA) is 87.3 Å². The van der Waals surface area contributed by atoms with E-state index in [0.717, 1.165) is 5.56 Å². The fourth-order valence-electron chi connectivity index (χ4n) is 2.24. The Morgan fingerprint density at radius 3 is 2.50 bits per heavy atom. The summed E-state index contributed by atoms with van der Waals surface area (Å²) in [5.74, 6) is 1.09. The summed E-state index contributed by atoms with van der Waals surface area (Å²) >= 11 is 0. The molecule has 6 nitrogen and oxygen atoms in total. The number of nitrogens with one attached hydrogen (secondary N) is 3. The van der Waals surface area contributed by atoms with Gasteiger partial charge in [0.25, 0.3) is 11.8 Å². The lowest BCUT2D eigenvalue weighted by atomic mass is 10.1. The average Bonchev–Trinajstić information content (AvgIpc) is 2.64. The molecule has 0 aliphatic heterocycles. The second-order valence-corrected chi connectivity index (χ2v) is 5.53. The highest BCUT2D eigenvalue weighted by Gasteiger charge is 2.14. The number of hydrogen-bond donors (Lipinski definition) is 3. The molecule has 0 saturated carbocycles. The number of anilines is 1. The summed E-state index contributed by atoms with van der Waals surface area (Å²) in [6.07, 6.45) is 5.06. The first-order valence-electron chi connectivity index (χ1n) is 7.96. The van der Waals surface area contributed by atoms with Crippen molar-refractivity contribution in [2.45, 2.75) is 6.92 Å². The fourth-order valence-corrected chi connectivity index (χ4v) is 2.24. The van der Waals surface area contributed by atoms with E-state index in [0.29, 0.717) is 11.3 Å². The van der Waals surface area contributed by atoms with Crippen molar-refractivity contribution in [1.82, 2.24) is 10.6 Å². The number of amides is 3. The monoisotopic (exact) mass is 349 g/mol. The number of terminal acetylenes is 1. The molecule has 0 saturated heterocycles. The lowest BCUT2D eigenvalue weighted by molar-refractivity contribution is -0.119. The van der Waals surface area contributed by atoms with Gasteiger partial charge in [0.1, 0.15) is 0 Å². The van der Waals surface area contributed by atoms with Gasteiger partial charge in [-0.25, -0.2) is 0 Å². The molecule has 0 heterocycles. The molecule has 2 aromatic rings. The molecule has 3 N–H and O–H groups in total. The Balaban J connectivity index is 2.07. The van der Waals surface area contributed by atoms with E-state index in [1.54, 1.807) is 42.5 Å². The molecule has 132 valence electrons. The van der Waals surface area contributed by atoms with E-state index in [1.165, 1.54) is 0 Å². The maximum Gasteiger partial charge on any atom is 0.255 e. The van der Waals surface area contributed by atoms with Crippen molar-refractivity contribution in [2.24, 2.45) is 0 Å². The lowest BCUT2D eigenvalue weighted by Crippen LogP contribution is -2.37. The van der Waals surface area contributed by atoms with Crippen LogP contribution in [-0.4, -0.2) is 30.8 Å². The van der Waals surface area contributed by atoms with Crippen LogP contribution in [0.25, 0.3) is 0 Å². The minimum atomic E-state index is -0.471. The van der Waals surface area contributed by atoms with Crippen molar-refractivity contribution in [3.63, 3.8) is 0 Å². The zero-order chi connectivity index (χ0) is 18.9. The number of rotatable bonds is 6. The van der Waals surface area contributed by atoms with E-state index >= 15 is 0 Å². The molecule has 0 radical (unpaired) electrons. The summed E-state index contributed by atoms with van der Waals surface area (Å²) in [5.41, 5.74) is 2.08. The molecule has 0 unspecified atom stereocenters. The molecule has 0 spiro atoms. The van der Waals surface area contributed by atoms with E-state index < -0.39 is 11.8 Å². The van der Waals surface area contributed by atoms with Gasteiger partial charge in [-0.15, -0.1) is 6.42 Å². The van der Waals surface area contributed by atoms with Gasteiger partial charge in [0.05, 0.1) is 24.3 Å². The van der Waals surface area contributed by atoms with Gasteiger partial charge in [0.2, 0.25) is 5.91 Å². The predicted octanol–water partition coefficient (Wildman–Crippen LogP) is 1.73. The van der Waals surface area contributed by atoms with Crippen molar-refractivity contribution in [3.8, 4) is 12.3 Å². The van der Waals surface area contributed by atoms with Crippen LogP contribution in [0.4, 0.5) is 5.69 Å². The largest absolute Gasteiger partial charge is 0.344 e. The van der Waals surface area contributed by atoms with Crippen LogP contribution in [0.1, 0.15) is 26.3 Å². The number of carbonyl (C=O) groups is 3. The summed E-state index contributed by atoms with van der Waals surface area (Å²) in [4.78, 5) is 36.3. The molecule has 0 bridgehead atoms. The SMILES string of the molecule is C#CCNC(=O)CNC(=O)c1ccccc1NC(=O)c1cccc(C)c1. The Morgan fingerprint density at radius 2 is 1.77 bits per heavy atom. The third-order valence-electron chi connectivity index (χ3n) is 3.50. The molecule has 6 heteroatoms. The van der Waals surface area contributed by atoms with Crippen LogP contribution in [0.15, 0.2) is 48.5 Å². The van der Waals surface area contributed by atoms with Crippen LogP contribution in [0.2, 0.25) is 0 Å². The van der Waals surface area contributed by atoms with Crippen molar-refractivity contribution in [1.29, 1.82) is 0 Å². The molecular formula is C20H19N3O3. The maximum absolute atomic E-state index is 12.4. The summed E-state index contributed by atoms with van der Waals surface area (Å²) in [6.45, 7) is 1.78. The van der Waals surface area contributed by atoms with Gasteiger partial charge in [-0.1, -0.05) is 35.7 Å². The maximum atomic E-state index is 12.4. The number of aryl methyl sites for hydroxylation is 1. The molecule has 0 fully saturated rings. The fraction of sp³-hybridized carbons (Fsp3) is 0.150. The van der Waals surface area contributed by atoms with Crippen molar-refractivity contribution >= 4 is 23.4 Å². The summed E-state index contributed by atoms with van der Waals surface area (Å²) < 4.78 is 0. The summed E-state index contributed by atoms with van der Waals surface area (Å²) in [5, 5.41) is 7.68. The summed E-state index contributed by atoms with van der Waals surface area (Å²) in [6, 6.07) is 13.7. The molecule has 26 heavy (non-hydrogen) atoms. The Kier molecular flexibility index (Phi) is 6.52. The van der Waals surface area contributed by atoms with E-state index in [2.05, 4.69) is 21.9 Å². The second kappa shape index (κ2) is 9.04. The first-order chi connectivity index (χ1) is 12.5. The van der Waals surface area contributed by atoms with Gasteiger partial charge in [-0.3, -0.25) is 14.4 Å². The van der Waals surface area contributed by atoms with Crippen LogP contribution in [0.5, 0.6) is 0 Å². The Labute approximate surface area is 152 Å². The smallest absolute Gasteiger partial charge is 0.255 e. The minimum absolute atomic E-state index is 0.0951. The molecule has 2 rings (SSSR count). The van der Waals surface area contributed by atoms with Gasteiger partial charge >= 0.3 is 0 Å². The van der Waals surface area contributed by atoms with E-state index in [1.807, 2.05) is 13.0 Å². The molecule has 0 aliphatic carbocycles. The normalized spacial score (nSPS) is 9.69. The molecule has 0 aliphatic rings. The molecule has 3 amide bonds. The first-order valence-corrected chi connectivity index (χ1v) is 7.96. The van der Waals surface area contributed by atoms with Gasteiger partial charge in [0, 0.05) is 5.56 Å². The number of para-hydroxylation sites is 1. The molecule has 0 atom stereocenters. The third kappa shape index (κ3) is 5.21. The lowest BCUT2D eigenvalue weighted by Gasteiger charge is -2.11. The zero-order valence-corrected chi connectivity index (χ0v) is 14.3. The van der Waals surface area contributed by atoms with Crippen LogP contribution >= 0.6 is 0 Å². The van der Waals surface area contributed by atoms with E-state index in [-0.39, 0.29) is 24.6 Å². The van der Waals surface area contributed by atoms with Crippen LogP contribution in [0.3, 0.4) is 0 Å². The predicted molar refractivity (Wildman–Crippen MR) is 99.8 cm³/mol. The third-order valence-corrected chi connectivity index (χ3v) is 3.50. The number of benzene rings is 2. The quantitative estimate of drug-likeness (QED) is 0.694. The second-order valence-electron chi connectivity index (χ2n) is 5.53. The van der Waals surface area contributed by atoms with E-state index in [4.69, 9.17) is 6.42 Å².